The molecule has 0 saturated heterocycles. The number of benzene rings is 3. The van der Waals surface area contributed by atoms with Gasteiger partial charge in [-0.25, -0.2) is 9.97 Å². The van der Waals surface area contributed by atoms with Crippen LogP contribution in [0.25, 0.3) is 22.5 Å². The van der Waals surface area contributed by atoms with Crippen LogP contribution in [0.15, 0.2) is 78.9 Å². The van der Waals surface area contributed by atoms with Crippen LogP contribution in [0, 0.1) is 6.92 Å². The Hall–Kier alpha value is -3.70. The molecule has 5 rings (SSSR count). The summed E-state index contributed by atoms with van der Waals surface area (Å²) in [4.78, 5) is 25.2. The van der Waals surface area contributed by atoms with E-state index in [0.29, 0.717) is 17.4 Å². The largest absolute Gasteiger partial charge is 0.355 e. The monoisotopic (exact) mass is 552 g/mol. The van der Waals surface area contributed by atoms with Gasteiger partial charge in [-0.2, -0.15) is 0 Å². The van der Waals surface area contributed by atoms with Gasteiger partial charge < -0.3 is 10.2 Å². The summed E-state index contributed by atoms with van der Waals surface area (Å²) in [5.74, 6) is 1.44. The number of carbonyl (C=O) groups is 1. The van der Waals surface area contributed by atoms with E-state index in [1.807, 2.05) is 54.6 Å². The molecule has 5 nitrogen and oxygen atoms in total. The summed E-state index contributed by atoms with van der Waals surface area (Å²) in [7, 11) is 0. The lowest BCUT2D eigenvalue weighted by molar-refractivity contribution is -0.116. The Morgan fingerprint density at radius 2 is 1.52 bits per heavy atom. The molecule has 1 N–H and O–H groups in total. The van der Waals surface area contributed by atoms with Gasteiger partial charge in [0.25, 0.3) is 0 Å². The minimum Gasteiger partial charge on any atom is -0.355 e. The second kappa shape index (κ2) is 13.1. The van der Waals surface area contributed by atoms with Gasteiger partial charge in [-0.05, 0) is 50.5 Å². The maximum atomic E-state index is 12.2. The van der Waals surface area contributed by atoms with Crippen molar-refractivity contribution in [2.24, 2.45) is 0 Å². The van der Waals surface area contributed by atoms with E-state index >= 15 is 0 Å². The Kier molecular flexibility index (Phi) is 9.12. The highest BCUT2D eigenvalue weighted by atomic mass is 35.5. The first kappa shape index (κ1) is 27.9. The van der Waals surface area contributed by atoms with Crippen molar-refractivity contribution in [1.29, 1.82) is 0 Å². The molecule has 1 aliphatic rings. The van der Waals surface area contributed by atoms with Crippen LogP contribution in [-0.2, 0) is 4.79 Å². The topological polar surface area (TPSA) is 58.1 Å². The maximum absolute atomic E-state index is 12.2. The molecule has 1 atom stereocenters. The molecule has 2 heterocycles. The lowest BCUT2D eigenvalue weighted by atomic mass is 9.96. The van der Waals surface area contributed by atoms with E-state index in [4.69, 9.17) is 21.6 Å². The molecule has 3 aromatic carbocycles. The summed E-state index contributed by atoms with van der Waals surface area (Å²) in [6, 6.07) is 26.1. The summed E-state index contributed by atoms with van der Waals surface area (Å²) >= 11 is 6.20. The van der Waals surface area contributed by atoms with Crippen molar-refractivity contribution in [1.82, 2.24) is 9.97 Å². The number of aryl methyl sites for hydroxylation is 1. The number of hydrogen-bond donors (Lipinski definition) is 1. The lowest BCUT2D eigenvalue weighted by Crippen LogP contribution is -2.33. The molecule has 0 spiro atoms. The fourth-order valence-electron chi connectivity index (χ4n) is 5.22. The second-order valence-corrected chi connectivity index (χ2v) is 11.2. The van der Waals surface area contributed by atoms with E-state index < -0.39 is 0 Å². The predicted octanol–water partition coefficient (Wildman–Crippen LogP) is 8.68. The summed E-state index contributed by atoms with van der Waals surface area (Å²) in [6.07, 6.45) is 5.70. The third-order valence-corrected chi connectivity index (χ3v) is 7.84. The fourth-order valence-corrected chi connectivity index (χ4v) is 5.35. The average molecular weight is 553 g/mol. The molecule has 0 fully saturated rings. The molecular weight excluding hydrogens is 516 g/mol. The number of rotatable bonds is 10. The molecule has 1 amide bonds. The standard InChI is InChI=1S/C34H37ClN4O/c1-24-13-15-26(16-14-24)33-32(27-17-19-28(35)20-18-27)37-31-25(2)21-23-39(34(31)38-33)22-9-4-3-8-12-30(40)36-29-10-6-5-7-11-29/h5-7,10-11,13-20,25H,3-4,8-9,12,21-23H2,1-2H3,(H,36,40). The van der Waals surface area contributed by atoms with E-state index in [9.17, 15) is 4.79 Å². The smallest absolute Gasteiger partial charge is 0.224 e. The van der Waals surface area contributed by atoms with Crippen LogP contribution in [-0.4, -0.2) is 29.0 Å². The van der Waals surface area contributed by atoms with Crippen molar-refractivity contribution in [3.8, 4) is 22.5 Å². The Labute approximate surface area is 242 Å². The number of unbranched alkanes of at least 4 members (excludes halogenated alkanes) is 3. The third kappa shape index (κ3) is 6.89. The van der Waals surface area contributed by atoms with Crippen LogP contribution in [0.2, 0.25) is 5.02 Å². The Morgan fingerprint density at radius 1 is 0.875 bits per heavy atom. The molecule has 0 aliphatic carbocycles. The number of aromatic nitrogens is 2. The van der Waals surface area contributed by atoms with Gasteiger partial charge in [-0.1, -0.05) is 91.5 Å². The zero-order chi connectivity index (χ0) is 27.9. The van der Waals surface area contributed by atoms with Gasteiger partial charge in [-0.3, -0.25) is 4.79 Å². The van der Waals surface area contributed by atoms with Gasteiger partial charge in [-0.15, -0.1) is 0 Å². The number of carbonyl (C=O) groups excluding carboxylic acids is 1. The molecule has 206 valence electrons. The number of nitrogens with zero attached hydrogens (tertiary/aromatic N) is 3. The SMILES string of the molecule is Cc1ccc(-c2nc3c(nc2-c2ccc(Cl)cc2)C(C)CCN3CCCCCCC(=O)Nc2ccccc2)cc1. The minimum atomic E-state index is 0.0838. The second-order valence-electron chi connectivity index (χ2n) is 10.8. The third-order valence-electron chi connectivity index (χ3n) is 7.58. The molecule has 0 saturated carbocycles. The Bertz CT molecular complexity index is 1420. The molecule has 1 unspecified atom stereocenters. The molecule has 1 aliphatic heterocycles. The van der Waals surface area contributed by atoms with Gasteiger partial charge in [0.2, 0.25) is 5.91 Å². The summed E-state index contributed by atoms with van der Waals surface area (Å²) in [6.45, 7) is 6.28. The van der Waals surface area contributed by atoms with E-state index in [2.05, 4.69) is 48.3 Å². The quantitative estimate of drug-likeness (QED) is 0.200. The zero-order valence-corrected chi connectivity index (χ0v) is 24.1. The van der Waals surface area contributed by atoms with Crippen molar-refractivity contribution in [2.75, 3.05) is 23.3 Å². The molecule has 40 heavy (non-hydrogen) atoms. The first-order valence-electron chi connectivity index (χ1n) is 14.3. The van der Waals surface area contributed by atoms with Gasteiger partial charge in [0.05, 0.1) is 17.1 Å². The number of halogens is 1. The molecule has 0 radical (unpaired) electrons. The minimum absolute atomic E-state index is 0.0838. The number of fused-ring (bicyclic) bond motifs is 1. The summed E-state index contributed by atoms with van der Waals surface area (Å²) in [5, 5.41) is 3.68. The van der Waals surface area contributed by atoms with Crippen LogP contribution >= 0.6 is 11.6 Å². The predicted molar refractivity (Wildman–Crippen MR) is 166 cm³/mol. The van der Waals surface area contributed by atoms with Crippen molar-refractivity contribution >= 4 is 29.0 Å². The van der Waals surface area contributed by atoms with Crippen molar-refractivity contribution < 1.29 is 4.79 Å². The summed E-state index contributed by atoms with van der Waals surface area (Å²) < 4.78 is 0. The van der Waals surface area contributed by atoms with E-state index in [0.717, 1.165) is 84.9 Å². The fraction of sp³-hybridized carbons (Fsp3) is 0.324. The Balaban J connectivity index is 1.27. The Morgan fingerprint density at radius 3 is 2.25 bits per heavy atom. The highest BCUT2D eigenvalue weighted by Gasteiger charge is 2.28. The molecule has 0 bridgehead atoms. The van der Waals surface area contributed by atoms with Gasteiger partial charge in [0.1, 0.15) is 0 Å². The molecule has 4 aromatic rings. The number of para-hydroxylation sites is 1. The summed E-state index contributed by atoms with van der Waals surface area (Å²) in [5.41, 5.74) is 7.05. The molecule has 6 heteroatoms. The van der Waals surface area contributed by atoms with Gasteiger partial charge in [0.15, 0.2) is 5.82 Å². The number of hydrogen-bond acceptors (Lipinski definition) is 4. The first-order chi connectivity index (χ1) is 19.5. The van der Waals surface area contributed by atoms with Gasteiger partial charge in [0, 0.05) is 47.3 Å². The lowest BCUT2D eigenvalue weighted by Gasteiger charge is -2.33. The highest BCUT2D eigenvalue weighted by molar-refractivity contribution is 6.30. The first-order valence-corrected chi connectivity index (χ1v) is 14.7. The number of amides is 1. The normalized spacial score (nSPS) is 14.6. The van der Waals surface area contributed by atoms with Crippen LogP contribution in [0.5, 0.6) is 0 Å². The van der Waals surface area contributed by atoms with Crippen LogP contribution < -0.4 is 10.2 Å². The van der Waals surface area contributed by atoms with Crippen molar-refractivity contribution in [3.63, 3.8) is 0 Å². The molecular formula is C34H37ClN4O. The van der Waals surface area contributed by atoms with E-state index in [-0.39, 0.29) is 5.91 Å². The van der Waals surface area contributed by atoms with Gasteiger partial charge >= 0.3 is 0 Å². The zero-order valence-electron chi connectivity index (χ0n) is 23.4. The number of anilines is 2. The van der Waals surface area contributed by atoms with Crippen LogP contribution in [0.3, 0.4) is 0 Å². The number of nitrogens with one attached hydrogen (secondary N) is 1. The van der Waals surface area contributed by atoms with Crippen molar-refractivity contribution in [3.05, 3.63) is 95.1 Å². The highest BCUT2D eigenvalue weighted by Crippen LogP contribution is 2.38. The van der Waals surface area contributed by atoms with Crippen LogP contribution in [0.4, 0.5) is 11.5 Å². The van der Waals surface area contributed by atoms with E-state index in [1.54, 1.807) is 0 Å². The van der Waals surface area contributed by atoms with E-state index in [1.165, 1.54) is 5.56 Å². The average Bonchev–Trinajstić information content (AvgIpc) is 2.97. The van der Waals surface area contributed by atoms with Crippen molar-refractivity contribution in [2.45, 2.75) is 58.3 Å². The van der Waals surface area contributed by atoms with Crippen LogP contribution in [0.1, 0.15) is 62.6 Å². The maximum Gasteiger partial charge on any atom is 0.224 e. The molecule has 1 aromatic heterocycles.